The molecular formula is C17H21BrN2OS. The van der Waals surface area contributed by atoms with Crippen LogP contribution in [-0.4, -0.2) is 24.7 Å². The summed E-state index contributed by atoms with van der Waals surface area (Å²) in [4.78, 5) is 5.62. The number of nitrogens with one attached hydrogen (secondary N) is 1. The summed E-state index contributed by atoms with van der Waals surface area (Å²) < 4.78 is 6.74. The van der Waals surface area contributed by atoms with Crippen LogP contribution in [0.2, 0.25) is 0 Å². The van der Waals surface area contributed by atoms with E-state index in [4.69, 9.17) is 4.74 Å². The summed E-state index contributed by atoms with van der Waals surface area (Å²) in [5, 5.41) is 4.77. The molecule has 3 nitrogen and oxygen atoms in total. The molecule has 0 amide bonds. The fraction of sp³-hybridized carbons (Fsp3) is 0.471. The van der Waals surface area contributed by atoms with Crippen molar-refractivity contribution in [3.8, 4) is 0 Å². The molecule has 3 rings (SSSR count). The van der Waals surface area contributed by atoms with Crippen LogP contribution in [0.15, 0.2) is 34.9 Å². The first-order valence-electron chi connectivity index (χ1n) is 7.64. The minimum atomic E-state index is 0.168. The maximum absolute atomic E-state index is 5.60. The predicted octanol–water partition coefficient (Wildman–Crippen LogP) is 4.05. The van der Waals surface area contributed by atoms with Crippen LogP contribution in [0.4, 0.5) is 0 Å². The lowest BCUT2D eigenvalue weighted by atomic mass is 9.74. The first kappa shape index (κ1) is 16.1. The van der Waals surface area contributed by atoms with Crippen molar-refractivity contribution >= 4 is 27.3 Å². The van der Waals surface area contributed by atoms with Gasteiger partial charge in [-0.15, -0.1) is 11.3 Å². The molecule has 1 fully saturated rings. The highest BCUT2D eigenvalue weighted by Crippen LogP contribution is 2.35. The number of rotatable bonds is 5. The van der Waals surface area contributed by atoms with E-state index in [-0.39, 0.29) is 5.41 Å². The molecule has 2 heterocycles. The van der Waals surface area contributed by atoms with Gasteiger partial charge in [-0.05, 0) is 37.5 Å². The minimum absolute atomic E-state index is 0.168. The standard InChI is InChI=1S/C17H21BrN2OS/c1-13-20-11-16(22-13)10-19-12-17(5-7-21-8-6-17)14-3-2-4-15(18)9-14/h2-4,9,11,19H,5-8,10,12H2,1H3. The maximum Gasteiger partial charge on any atom is 0.0897 e. The fourth-order valence-electron chi connectivity index (χ4n) is 3.06. The van der Waals surface area contributed by atoms with Crippen molar-refractivity contribution in [2.24, 2.45) is 0 Å². The quantitative estimate of drug-likeness (QED) is 0.849. The molecule has 0 atom stereocenters. The number of aryl methyl sites for hydroxylation is 1. The molecule has 1 aromatic carbocycles. The lowest BCUT2D eigenvalue weighted by Crippen LogP contribution is -2.42. The van der Waals surface area contributed by atoms with Crippen LogP contribution >= 0.6 is 27.3 Å². The van der Waals surface area contributed by atoms with Gasteiger partial charge in [0.1, 0.15) is 0 Å². The van der Waals surface area contributed by atoms with Crippen molar-refractivity contribution in [2.75, 3.05) is 19.8 Å². The lowest BCUT2D eigenvalue weighted by Gasteiger charge is -2.38. The summed E-state index contributed by atoms with van der Waals surface area (Å²) in [5.74, 6) is 0. The van der Waals surface area contributed by atoms with Crippen LogP contribution in [0.1, 0.15) is 28.3 Å². The van der Waals surface area contributed by atoms with Gasteiger partial charge in [0.15, 0.2) is 0 Å². The Morgan fingerprint density at radius 3 is 2.86 bits per heavy atom. The molecule has 1 aromatic heterocycles. The second-order valence-electron chi connectivity index (χ2n) is 5.85. The van der Waals surface area contributed by atoms with Crippen LogP contribution in [0.3, 0.4) is 0 Å². The van der Waals surface area contributed by atoms with Gasteiger partial charge in [0, 0.05) is 47.3 Å². The second kappa shape index (κ2) is 7.21. The van der Waals surface area contributed by atoms with Gasteiger partial charge in [0.2, 0.25) is 0 Å². The van der Waals surface area contributed by atoms with E-state index in [1.165, 1.54) is 10.4 Å². The molecule has 1 aliphatic rings. The van der Waals surface area contributed by atoms with Crippen LogP contribution in [-0.2, 0) is 16.7 Å². The predicted molar refractivity (Wildman–Crippen MR) is 94.4 cm³/mol. The number of halogens is 1. The lowest BCUT2D eigenvalue weighted by molar-refractivity contribution is 0.0498. The average Bonchev–Trinajstić information content (AvgIpc) is 2.94. The molecule has 0 aliphatic carbocycles. The zero-order chi connectivity index (χ0) is 15.4. The summed E-state index contributed by atoms with van der Waals surface area (Å²) >= 11 is 5.37. The van der Waals surface area contributed by atoms with Gasteiger partial charge in [-0.2, -0.15) is 0 Å². The van der Waals surface area contributed by atoms with E-state index < -0.39 is 0 Å². The summed E-state index contributed by atoms with van der Waals surface area (Å²) in [5.41, 5.74) is 1.57. The zero-order valence-corrected chi connectivity index (χ0v) is 15.2. The Kier molecular flexibility index (Phi) is 5.29. The highest BCUT2D eigenvalue weighted by molar-refractivity contribution is 9.10. The molecule has 1 aliphatic heterocycles. The highest BCUT2D eigenvalue weighted by atomic mass is 79.9. The number of hydrogen-bond donors (Lipinski definition) is 1. The number of benzene rings is 1. The van der Waals surface area contributed by atoms with Crippen molar-refractivity contribution in [3.63, 3.8) is 0 Å². The Balaban J connectivity index is 1.72. The van der Waals surface area contributed by atoms with Gasteiger partial charge < -0.3 is 10.1 Å². The van der Waals surface area contributed by atoms with Crippen molar-refractivity contribution in [1.82, 2.24) is 10.3 Å². The van der Waals surface area contributed by atoms with Crippen molar-refractivity contribution in [1.29, 1.82) is 0 Å². The third-order valence-electron chi connectivity index (χ3n) is 4.32. The molecule has 0 unspecified atom stereocenters. The number of hydrogen-bond acceptors (Lipinski definition) is 4. The highest BCUT2D eigenvalue weighted by Gasteiger charge is 2.34. The molecule has 0 saturated carbocycles. The number of nitrogens with zero attached hydrogens (tertiary/aromatic N) is 1. The van der Waals surface area contributed by atoms with Crippen LogP contribution in [0, 0.1) is 6.92 Å². The molecular weight excluding hydrogens is 360 g/mol. The Morgan fingerprint density at radius 2 is 2.18 bits per heavy atom. The topological polar surface area (TPSA) is 34.2 Å². The number of aromatic nitrogens is 1. The van der Waals surface area contributed by atoms with Gasteiger partial charge >= 0.3 is 0 Å². The maximum atomic E-state index is 5.60. The minimum Gasteiger partial charge on any atom is -0.381 e. The van der Waals surface area contributed by atoms with E-state index in [1.54, 1.807) is 11.3 Å². The van der Waals surface area contributed by atoms with Crippen LogP contribution < -0.4 is 5.32 Å². The van der Waals surface area contributed by atoms with Gasteiger partial charge in [0.05, 0.1) is 5.01 Å². The Bertz CT molecular complexity index is 623. The largest absolute Gasteiger partial charge is 0.381 e. The summed E-state index contributed by atoms with van der Waals surface area (Å²) in [6.07, 6.45) is 4.11. The van der Waals surface area contributed by atoms with Crippen LogP contribution in [0.25, 0.3) is 0 Å². The smallest absolute Gasteiger partial charge is 0.0897 e. The van der Waals surface area contributed by atoms with Crippen molar-refractivity contribution in [3.05, 3.63) is 50.4 Å². The Morgan fingerprint density at radius 1 is 1.36 bits per heavy atom. The SMILES string of the molecule is Cc1ncc(CNCC2(c3cccc(Br)c3)CCOCC2)s1. The van der Waals surface area contributed by atoms with E-state index in [1.807, 2.05) is 6.20 Å². The number of thiazole rings is 1. The van der Waals surface area contributed by atoms with E-state index in [0.717, 1.165) is 48.6 Å². The van der Waals surface area contributed by atoms with E-state index in [9.17, 15) is 0 Å². The monoisotopic (exact) mass is 380 g/mol. The molecule has 22 heavy (non-hydrogen) atoms. The van der Waals surface area contributed by atoms with Gasteiger partial charge in [-0.3, -0.25) is 0 Å². The first-order chi connectivity index (χ1) is 10.7. The molecule has 0 bridgehead atoms. The third-order valence-corrected chi connectivity index (χ3v) is 5.72. The Hall–Kier alpha value is -0.750. The molecule has 5 heteroatoms. The van der Waals surface area contributed by atoms with E-state index in [0.29, 0.717) is 0 Å². The van der Waals surface area contributed by atoms with Crippen LogP contribution in [0.5, 0.6) is 0 Å². The third kappa shape index (κ3) is 3.77. The number of ether oxygens (including phenoxy) is 1. The molecule has 1 saturated heterocycles. The van der Waals surface area contributed by atoms with Gasteiger partial charge in [0.25, 0.3) is 0 Å². The molecule has 2 aromatic rings. The van der Waals surface area contributed by atoms with Crippen molar-refractivity contribution in [2.45, 2.75) is 31.7 Å². The fourth-order valence-corrected chi connectivity index (χ4v) is 4.22. The first-order valence-corrected chi connectivity index (χ1v) is 9.25. The van der Waals surface area contributed by atoms with Gasteiger partial charge in [-0.1, -0.05) is 28.1 Å². The van der Waals surface area contributed by atoms with E-state index in [2.05, 4.69) is 57.4 Å². The molecule has 0 radical (unpaired) electrons. The normalized spacial score (nSPS) is 17.5. The van der Waals surface area contributed by atoms with Gasteiger partial charge in [-0.25, -0.2) is 4.98 Å². The van der Waals surface area contributed by atoms with Crippen molar-refractivity contribution < 1.29 is 4.74 Å². The summed E-state index contributed by atoms with van der Waals surface area (Å²) in [6.45, 7) is 5.60. The Labute approximate surface area is 144 Å². The molecule has 118 valence electrons. The van der Waals surface area contributed by atoms with E-state index >= 15 is 0 Å². The zero-order valence-electron chi connectivity index (χ0n) is 12.8. The second-order valence-corrected chi connectivity index (χ2v) is 8.09. The summed E-state index contributed by atoms with van der Waals surface area (Å²) in [6, 6.07) is 8.71. The molecule has 0 spiro atoms. The molecule has 1 N–H and O–H groups in total. The average molecular weight is 381 g/mol. The summed E-state index contributed by atoms with van der Waals surface area (Å²) in [7, 11) is 0.